The molecule has 0 spiro atoms. The van der Waals surface area contributed by atoms with Gasteiger partial charge in [-0.1, -0.05) is 6.07 Å². The van der Waals surface area contributed by atoms with Crippen LogP contribution in [0.1, 0.15) is 60.5 Å². The zero-order valence-electron chi connectivity index (χ0n) is 17.6. The van der Waals surface area contributed by atoms with E-state index in [0.29, 0.717) is 24.2 Å². The SMILES string of the molecule is CC(c1ccc(C(F)(F)F)nc1)n1nc(C#N)c2c(=O)[nH]c([C@H]3CC[C@@H]3n3cc(F)cn3)nc21. The minimum atomic E-state index is -4.57. The molecule has 1 N–H and O–H groups in total. The lowest BCUT2D eigenvalue weighted by atomic mass is 9.79. The van der Waals surface area contributed by atoms with Gasteiger partial charge in [0.1, 0.15) is 23.0 Å². The van der Waals surface area contributed by atoms with Crippen molar-refractivity contribution in [3.8, 4) is 6.07 Å². The van der Waals surface area contributed by atoms with E-state index in [1.807, 2.05) is 6.07 Å². The monoisotopic (exact) mass is 472 g/mol. The molecule has 3 atom stereocenters. The van der Waals surface area contributed by atoms with E-state index >= 15 is 0 Å². The van der Waals surface area contributed by atoms with Crippen molar-refractivity contribution in [2.75, 3.05) is 0 Å². The number of hydrogen-bond acceptors (Lipinski definition) is 6. The number of nitrogens with one attached hydrogen (secondary N) is 1. The summed E-state index contributed by atoms with van der Waals surface area (Å²) in [6.07, 6.45) is 0.264. The number of alkyl halides is 3. The van der Waals surface area contributed by atoms with Crippen LogP contribution >= 0.6 is 0 Å². The van der Waals surface area contributed by atoms with Gasteiger partial charge in [0.15, 0.2) is 17.2 Å². The number of halogens is 4. The van der Waals surface area contributed by atoms with Crippen LogP contribution in [-0.4, -0.2) is 34.5 Å². The predicted octanol–water partition coefficient (Wildman–Crippen LogP) is 3.47. The Bertz CT molecular complexity index is 1480. The summed E-state index contributed by atoms with van der Waals surface area (Å²) in [5.41, 5.74) is -1.23. The number of hydrogen-bond donors (Lipinski definition) is 1. The minimum Gasteiger partial charge on any atom is -0.309 e. The van der Waals surface area contributed by atoms with Gasteiger partial charge in [-0.25, -0.2) is 14.1 Å². The molecule has 1 unspecified atom stereocenters. The first-order valence-corrected chi connectivity index (χ1v) is 10.3. The molecule has 4 heterocycles. The average molecular weight is 472 g/mol. The lowest BCUT2D eigenvalue weighted by Crippen LogP contribution is -2.30. The third-order valence-electron chi connectivity index (χ3n) is 6.11. The number of aromatic amines is 1. The fraction of sp³-hybridized carbons (Fsp3) is 0.333. The summed E-state index contributed by atoms with van der Waals surface area (Å²) in [5.74, 6) is -0.375. The third kappa shape index (κ3) is 3.51. The van der Waals surface area contributed by atoms with Crippen molar-refractivity contribution in [1.82, 2.24) is 34.5 Å². The topological polar surface area (TPSA) is 118 Å². The molecule has 1 fully saturated rings. The van der Waals surface area contributed by atoms with E-state index in [0.717, 1.165) is 18.5 Å². The number of rotatable bonds is 4. The van der Waals surface area contributed by atoms with Gasteiger partial charge in [0.2, 0.25) is 0 Å². The first-order valence-electron chi connectivity index (χ1n) is 10.3. The number of fused-ring (bicyclic) bond motifs is 1. The Hall–Kier alpha value is -4.08. The highest BCUT2D eigenvalue weighted by molar-refractivity contribution is 5.80. The van der Waals surface area contributed by atoms with E-state index in [4.69, 9.17) is 0 Å². The molecule has 1 aliphatic rings. The Morgan fingerprint density at radius 1 is 1.26 bits per heavy atom. The van der Waals surface area contributed by atoms with E-state index in [2.05, 4.69) is 25.1 Å². The minimum absolute atomic E-state index is 0.0148. The first-order chi connectivity index (χ1) is 16.2. The summed E-state index contributed by atoms with van der Waals surface area (Å²) in [5, 5.41) is 17.7. The molecule has 0 radical (unpaired) electrons. The molecule has 13 heteroatoms. The van der Waals surface area contributed by atoms with E-state index < -0.39 is 29.3 Å². The van der Waals surface area contributed by atoms with Crippen LogP contribution in [-0.2, 0) is 6.18 Å². The molecule has 5 rings (SSSR count). The number of aromatic nitrogens is 7. The van der Waals surface area contributed by atoms with Crippen LogP contribution in [0, 0.1) is 17.1 Å². The molecule has 4 aromatic heterocycles. The van der Waals surface area contributed by atoms with E-state index in [9.17, 15) is 27.6 Å². The summed E-state index contributed by atoms with van der Waals surface area (Å²) < 4.78 is 54.8. The number of pyridine rings is 1. The molecule has 4 aromatic rings. The van der Waals surface area contributed by atoms with Crippen LogP contribution in [0.15, 0.2) is 35.5 Å². The van der Waals surface area contributed by atoms with Gasteiger partial charge in [-0.3, -0.25) is 14.5 Å². The zero-order chi connectivity index (χ0) is 24.2. The molecule has 174 valence electrons. The van der Waals surface area contributed by atoms with Crippen molar-refractivity contribution in [3.63, 3.8) is 0 Å². The fourth-order valence-corrected chi connectivity index (χ4v) is 4.16. The quantitative estimate of drug-likeness (QED) is 0.455. The zero-order valence-corrected chi connectivity index (χ0v) is 17.6. The molecule has 0 bridgehead atoms. The van der Waals surface area contributed by atoms with Gasteiger partial charge in [0.05, 0.1) is 24.5 Å². The number of nitrogens with zero attached hydrogens (tertiary/aromatic N) is 7. The van der Waals surface area contributed by atoms with Crippen LogP contribution in [0.25, 0.3) is 11.0 Å². The maximum atomic E-state index is 13.4. The normalized spacial score (nSPS) is 19.1. The van der Waals surface area contributed by atoms with Crippen LogP contribution in [0.3, 0.4) is 0 Å². The lowest BCUT2D eigenvalue weighted by molar-refractivity contribution is -0.141. The highest BCUT2D eigenvalue weighted by atomic mass is 19.4. The largest absolute Gasteiger partial charge is 0.433 e. The fourth-order valence-electron chi connectivity index (χ4n) is 4.16. The second kappa shape index (κ2) is 7.75. The molecule has 0 aromatic carbocycles. The molecule has 1 saturated carbocycles. The second-order valence-electron chi connectivity index (χ2n) is 8.10. The summed E-state index contributed by atoms with van der Waals surface area (Å²) in [7, 11) is 0. The Kier molecular flexibility index (Phi) is 4.96. The average Bonchev–Trinajstić information content (AvgIpc) is 3.35. The Balaban J connectivity index is 1.57. The second-order valence-corrected chi connectivity index (χ2v) is 8.10. The Labute approximate surface area is 188 Å². The van der Waals surface area contributed by atoms with Crippen LogP contribution in [0.2, 0.25) is 0 Å². The van der Waals surface area contributed by atoms with Crippen molar-refractivity contribution in [2.24, 2.45) is 0 Å². The molecule has 9 nitrogen and oxygen atoms in total. The molecule has 0 saturated heterocycles. The van der Waals surface area contributed by atoms with Gasteiger partial charge in [0.25, 0.3) is 5.56 Å². The van der Waals surface area contributed by atoms with Crippen molar-refractivity contribution < 1.29 is 17.6 Å². The Morgan fingerprint density at radius 2 is 2.06 bits per heavy atom. The van der Waals surface area contributed by atoms with Gasteiger partial charge in [-0.15, -0.1) is 0 Å². The molecular formula is C21H16F4N8O. The summed E-state index contributed by atoms with van der Waals surface area (Å²) >= 11 is 0. The van der Waals surface area contributed by atoms with Crippen molar-refractivity contribution >= 4 is 11.0 Å². The van der Waals surface area contributed by atoms with E-state index in [1.165, 1.54) is 21.6 Å². The number of nitriles is 1. The summed E-state index contributed by atoms with van der Waals surface area (Å²) in [6, 6.07) is 3.12. The summed E-state index contributed by atoms with van der Waals surface area (Å²) in [6.45, 7) is 1.65. The van der Waals surface area contributed by atoms with Crippen LogP contribution in [0.4, 0.5) is 17.6 Å². The van der Waals surface area contributed by atoms with Crippen molar-refractivity contribution in [1.29, 1.82) is 5.26 Å². The van der Waals surface area contributed by atoms with Crippen molar-refractivity contribution in [3.05, 3.63) is 69.7 Å². The highest BCUT2D eigenvalue weighted by Gasteiger charge is 2.37. The van der Waals surface area contributed by atoms with Gasteiger partial charge in [0, 0.05) is 12.1 Å². The molecular weight excluding hydrogens is 456 g/mol. The molecule has 1 aliphatic carbocycles. The maximum Gasteiger partial charge on any atom is 0.433 e. The van der Waals surface area contributed by atoms with Gasteiger partial charge in [-0.05, 0) is 31.4 Å². The predicted molar refractivity (Wildman–Crippen MR) is 109 cm³/mol. The molecule has 0 aliphatic heterocycles. The molecule has 34 heavy (non-hydrogen) atoms. The maximum absolute atomic E-state index is 13.4. The Morgan fingerprint density at radius 3 is 2.62 bits per heavy atom. The standard InChI is InChI=1S/C21H16F4N8O/c1-10(11-2-5-16(27-7-11)21(23,24)25)33-19-17(14(6-26)31-33)20(34)30-18(29-19)13-3-4-15(13)32-9-12(22)8-28-32/h2,5,7-10,13,15H,3-4H2,1H3,(H,29,30,34)/t10?,13-,15-/m0/s1. The third-order valence-corrected chi connectivity index (χ3v) is 6.11. The first kappa shape index (κ1) is 21.7. The highest BCUT2D eigenvalue weighted by Crippen LogP contribution is 2.44. The van der Waals surface area contributed by atoms with Crippen LogP contribution < -0.4 is 5.56 Å². The number of H-pyrrole nitrogens is 1. The van der Waals surface area contributed by atoms with Gasteiger partial charge in [-0.2, -0.15) is 28.6 Å². The van der Waals surface area contributed by atoms with Crippen LogP contribution in [0.5, 0.6) is 0 Å². The van der Waals surface area contributed by atoms with E-state index in [-0.39, 0.29) is 28.7 Å². The lowest BCUT2D eigenvalue weighted by Gasteiger charge is -2.35. The smallest absolute Gasteiger partial charge is 0.309 e. The summed E-state index contributed by atoms with van der Waals surface area (Å²) in [4.78, 5) is 23.6. The van der Waals surface area contributed by atoms with Gasteiger partial charge < -0.3 is 4.98 Å². The van der Waals surface area contributed by atoms with Crippen molar-refractivity contribution in [2.45, 2.75) is 43.9 Å². The van der Waals surface area contributed by atoms with E-state index in [1.54, 1.807) is 6.92 Å². The van der Waals surface area contributed by atoms with Gasteiger partial charge >= 0.3 is 6.18 Å². The molecule has 0 amide bonds.